The molecule has 0 aliphatic carbocycles. The maximum atomic E-state index is 15.6. The summed E-state index contributed by atoms with van der Waals surface area (Å²) in [4.78, 5) is 56.7. The van der Waals surface area contributed by atoms with Gasteiger partial charge in [-0.3, -0.25) is 23.9 Å². The van der Waals surface area contributed by atoms with E-state index in [9.17, 15) is 23.6 Å². The molecule has 1 aliphatic rings. The first-order valence-corrected chi connectivity index (χ1v) is 15.9. The van der Waals surface area contributed by atoms with Crippen LogP contribution in [0.5, 0.6) is 0 Å². The van der Waals surface area contributed by atoms with Crippen molar-refractivity contribution in [3.8, 4) is 0 Å². The van der Waals surface area contributed by atoms with E-state index in [1.807, 2.05) is 14.0 Å². The van der Waals surface area contributed by atoms with Crippen LogP contribution in [0.15, 0.2) is 54.7 Å². The number of benzene rings is 2. The molecule has 0 radical (unpaired) electrons. The van der Waals surface area contributed by atoms with Crippen LogP contribution < -0.4 is 16.0 Å². The van der Waals surface area contributed by atoms with Crippen LogP contribution in [0.1, 0.15) is 67.6 Å². The molecule has 47 heavy (non-hydrogen) atoms. The average molecular weight is 652 g/mol. The lowest BCUT2D eigenvalue weighted by Gasteiger charge is -2.36. The molecule has 252 valence electrons. The molecule has 3 N–H and O–H groups in total. The van der Waals surface area contributed by atoms with E-state index in [1.54, 1.807) is 31.7 Å². The molecule has 0 saturated carbocycles. The second-order valence-electron chi connectivity index (χ2n) is 11.9. The van der Waals surface area contributed by atoms with Crippen LogP contribution in [-0.4, -0.2) is 88.5 Å². The minimum absolute atomic E-state index is 0.130. The monoisotopic (exact) mass is 651 g/mol. The maximum absolute atomic E-state index is 15.6. The Morgan fingerprint density at radius 2 is 1.49 bits per heavy atom. The highest BCUT2D eigenvalue weighted by atomic mass is 19.1. The standard InChI is InChI=1S/C34H43F2N7O4/c1-6-29(44)39-31(34(47)42-18-16-41(5)17-19-42)22(4)24-10-13-27(26(36)20-24)38-33(46)30(21(3)23-8-11-25(35)12-9-23)40-32(45)28-14-15-37-43(28)7-2/h8-15,20-22,30-31H,6-7,16-19H2,1-5H3,(H,38,46)(H,39,44)(H,40,45)/t21-,22-,30?,31+/m0/s1. The molecule has 2 aromatic carbocycles. The van der Waals surface area contributed by atoms with Crippen LogP contribution in [0.25, 0.3) is 0 Å². The van der Waals surface area contributed by atoms with Crippen LogP contribution in [0, 0.1) is 11.6 Å². The second-order valence-corrected chi connectivity index (χ2v) is 11.9. The SMILES string of the molecule is CCC(=O)N[C@@H](C(=O)N1CCN(C)CC1)[C@@H](C)c1ccc(NC(=O)C(NC(=O)c2ccnn2CC)[C@@H](C)c2ccc(F)cc2)c(F)c1. The largest absolute Gasteiger partial charge is 0.344 e. The number of nitrogens with one attached hydrogen (secondary N) is 3. The second kappa shape index (κ2) is 15.8. The molecule has 2 heterocycles. The number of aryl methyl sites for hydroxylation is 1. The highest BCUT2D eigenvalue weighted by molar-refractivity contribution is 6.01. The lowest BCUT2D eigenvalue weighted by Crippen LogP contribution is -2.55. The number of nitrogens with zero attached hydrogens (tertiary/aromatic N) is 4. The summed E-state index contributed by atoms with van der Waals surface area (Å²) in [5.41, 5.74) is 1.17. The van der Waals surface area contributed by atoms with E-state index in [2.05, 4.69) is 25.9 Å². The summed E-state index contributed by atoms with van der Waals surface area (Å²) in [6, 6.07) is 9.26. The predicted octanol–water partition coefficient (Wildman–Crippen LogP) is 3.49. The molecule has 1 unspecified atom stereocenters. The van der Waals surface area contributed by atoms with E-state index in [1.165, 1.54) is 53.3 Å². The van der Waals surface area contributed by atoms with Gasteiger partial charge in [0.2, 0.25) is 17.7 Å². The number of carbonyl (C=O) groups excluding carboxylic acids is 4. The molecule has 3 aromatic rings. The van der Waals surface area contributed by atoms with Crippen molar-refractivity contribution < 1.29 is 28.0 Å². The quantitative estimate of drug-likeness (QED) is 0.275. The Hall–Kier alpha value is -4.65. The van der Waals surface area contributed by atoms with Crippen LogP contribution in [0.3, 0.4) is 0 Å². The number of amides is 4. The molecule has 0 spiro atoms. The summed E-state index contributed by atoms with van der Waals surface area (Å²) in [6.07, 6.45) is 1.67. The molecule has 1 aliphatic heterocycles. The number of hydrogen-bond donors (Lipinski definition) is 3. The van der Waals surface area contributed by atoms with Crippen molar-refractivity contribution in [3.05, 3.63) is 83.2 Å². The number of carbonyl (C=O) groups is 4. The molecule has 1 saturated heterocycles. The van der Waals surface area contributed by atoms with Gasteiger partial charge in [-0.1, -0.05) is 39.0 Å². The van der Waals surface area contributed by atoms with E-state index < -0.39 is 47.4 Å². The van der Waals surface area contributed by atoms with E-state index in [-0.39, 0.29) is 29.6 Å². The molecular weight excluding hydrogens is 608 g/mol. The van der Waals surface area contributed by atoms with Crippen molar-refractivity contribution in [1.29, 1.82) is 0 Å². The van der Waals surface area contributed by atoms with Gasteiger partial charge in [0.05, 0.1) is 5.69 Å². The van der Waals surface area contributed by atoms with E-state index in [0.29, 0.717) is 43.9 Å². The van der Waals surface area contributed by atoms with Gasteiger partial charge in [0.25, 0.3) is 5.91 Å². The first-order valence-electron chi connectivity index (χ1n) is 15.9. The van der Waals surface area contributed by atoms with Crippen molar-refractivity contribution in [2.24, 2.45) is 0 Å². The molecule has 4 amide bonds. The van der Waals surface area contributed by atoms with Gasteiger partial charge >= 0.3 is 0 Å². The zero-order chi connectivity index (χ0) is 34.2. The number of rotatable bonds is 12. The summed E-state index contributed by atoms with van der Waals surface area (Å²) in [6.45, 7) is 9.87. The van der Waals surface area contributed by atoms with Crippen molar-refractivity contribution in [3.63, 3.8) is 0 Å². The lowest BCUT2D eigenvalue weighted by atomic mass is 9.91. The summed E-state index contributed by atoms with van der Waals surface area (Å²) in [5, 5.41) is 12.3. The van der Waals surface area contributed by atoms with E-state index >= 15 is 4.39 Å². The van der Waals surface area contributed by atoms with Crippen molar-refractivity contribution in [2.45, 2.75) is 64.6 Å². The Kier molecular flexibility index (Phi) is 11.8. The Balaban J connectivity index is 1.56. The normalized spacial score (nSPS) is 16.1. The number of halogens is 2. The van der Waals surface area contributed by atoms with E-state index in [4.69, 9.17) is 0 Å². The minimum atomic E-state index is -1.17. The molecule has 11 nitrogen and oxygen atoms in total. The molecule has 1 aromatic heterocycles. The molecule has 1 fully saturated rings. The van der Waals surface area contributed by atoms with Crippen LogP contribution >= 0.6 is 0 Å². The lowest BCUT2D eigenvalue weighted by molar-refractivity contribution is -0.138. The van der Waals surface area contributed by atoms with Gasteiger partial charge in [0, 0.05) is 57.2 Å². The van der Waals surface area contributed by atoms with Gasteiger partial charge in [0.1, 0.15) is 29.4 Å². The highest BCUT2D eigenvalue weighted by Gasteiger charge is 2.34. The zero-order valence-electron chi connectivity index (χ0n) is 27.4. The first kappa shape index (κ1) is 35.2. The Morgan fingerprint density at radius 1 is 0.851 bits per heavy atom. The molecule has 4 atom stereocenters. The number of likely N-dealkylation sites (N-methyl/N-ethyl adjacent to an activating group) is 1. The van der Waals surface area contributed by atoms with Crippen LogP contribution in [-0.2, 0) is 20.9 Å². The van der Waals surface area contributed by atoms with Gasteiger partial charge in [-0.15, -0.1) is 0 Å². The maximum Gasteiger partial charge on any atom is 0.270 e. The summed E-state index contributed by atoms with van der Waals surface area (Å²) in [7, 11) is 1.98. The van der Waals surface area contributed by atoms with Crippen molar-refractivity contribution >= 4 is 29.3 Å². The molecular formula is C34H43F2N7O4. The summed E-state index contributed by atoms with van der Waals surface area (Å²) < 4.78 is 30.8. The number of aromatic nitrogens is 2. The van der Waals surface area contributed by atoms with Gasteiger partial charge < -0.3 is 25.8 Å². The topological polar surface area (TPSA) is 129 Å². The average Bonchev–Trinajstić information content (AvgIpc) is 3.56. The number of hydrogen-bond acceptors (Lipinski definition) is 6. The predicted molar refractivity (Wildman–Crippen MR) is 174 cm³/mol. The number of piperazine rings is 1. The fourth-order valence-corrected chi connectivity index (χ4v) is 5.59. The summed E-state index contributed by atoms with van der Waals surface area (Å²) in [5.74, 6) is -4.16. The van der Waals surface area contributed by atoms with Gasteiger partial charge in [-0.05, 0) is 55.4 Å². The third-order valence-corrected chi connectivity index (χ3v) is 8.71. The fraction of sp³-hybridized carbons (Fsp3) is 0.441. The fourth-order valence-electron chi connectivity index (χ4n) is 5.59. The van der Waals surface area contributed by atoms with Crippen LogP contribution in [0.2, 0.25) is 0 Å². The Bertz CT molecular complexity index is 1570. The van der Waals surface area contributed by atoms with E-state index in [0.717, 1.165) is 0 Å². The summed E-state index contributed by atoms with van der Waals surface area (Å²) >= 11 is 0. The van der Waals surface area contributed by atoms with Crippen LogP contribution in [0.4, 0.5) is 14.5 Å². The smallest absolute Gasteiger partial charge is 0.270 e. The Morgan fingerprint density at radius 3 is 2.11 bits per heavy atom. The third kappa shape index (κ3) is 8.59. The van der Waals surface area contributed by atoms with Gasteiger partial charge in [0.15, 0.2) is 0 Å². The first-order chi connectivity index (χ1) is 22.4. The zero-order valence-corrected chi connectivity index (χ0v) is 27.4. The number of anilines is 1. The van der Waals surface area contributed by atoms with Gasteiger partial charge in [-0.25, -0.2) is 8.78 Å². The van der Waals surface area contributed by atoms with Crippen molar-refractivity contribution in [1.82, 2.24) is 30.2 Å². The third-order valence-electron chi connectivity index (χ3n) is 8.71. The Labute approximate surface area is 273 Å². The van der Waals surface area contributed by atoms with Gasteiger partial charge in [-0.2, -0.15) is 5.10 Å². The van der Waals surface area contributed by atoms with Crippen molar-refractivity contribution in [2.75, 3.05) is 38.5 Å². The molecule has 13 heteroatoms. The molecule has 0 bridgehead atoms. The minimum Gasteiger partial charge on any atom is -0.344 e. The molecule has 4 rings (SSSR count). The highest BCUT2D eigenvalue weighted by Crippen LogP contribution is 2.27.